The average molecular weight is 547 g/mol. The number of esters is 1. The van der Waals surface area contributed by atoms with Crippen LogP contribution >= 0.6 is 31.9 Å². The third-order valence-corrected chi connectivity index (χ3v) is 5.44. The molecule has 0 unspecified atom stereocenters. The summed E-state index contributed by atoms with van der Waals surface area (Å²) in [7, 11) is 1.30. The van der Waals surface area contributed by atoms with Crippen LogP contribution in [0.25, 0.3) is 0 Å². The molecule has 7 heteroatoms. The molecule has 0 radical (unpaired) electrons. The maximum atomic E-state index is 12.7. The highest BCUT2D eigenvalue weighted by molar-refractivity contribution is 9.11. The predicted molar refractivity (Wildman–Crippen MR) is 126 cm³/mol. The van der Waals surface area contributed by atoms with Crippen LogP contribution < -0.4 is 10.1 Å². The largest absolute Gasteiger partial charge is 0.489 e. The number of methoxy groups -OCH3 is 1. The Bertz CT molecular complexity index is 1020. The minimum absolute atomic E-state index is 0.298. The van der Waals surface area contributed by atoms with E-state index in [1.807, 2.05) is 60.7 Å². The summed E-state index contributed by atoms with van der Waals surface area (Å²) in [6.07, 6.45) is 0.298. The van der Waals surface area contributed by atoms with Gasteiger partial charge in [-0.3, -0.25) is 4.79 Å². The third kappa shape index (κ3) is 6.94. The lowest BCUT2D eigenvalue weighted by Gasteiger charge is -2.17. The molecule has 0 bridgehead atoms. The Labute approximate surface area is 198 Å². The summed E-state index contributed by atoms with van der Waals surface area (Å²) in [5.41, 5.74) is 2.39. The van der Waals surface area contributed by atoms with Crippen molar-refractivity contribution >= 4 is 43.7 Å². The van der Waals surface area contributed by atoms with Crippen molar-refractivity contribution in [2.45, 2.75) is 19.1 Å². The maximum Gasteiger partial charge on any atom is 0.328 e. The second kappa shape index (κ2) is 11.1. The van der Waals surface area contributed by atoms with E-state index in [4.69, 9.17) is 9.47 Å². The van der Waals surface area contributed by atoms with Gasteiger partial charge in [0.1, 0.15) is 18.4 Å². The molecule has 31 heavy (non-hydrogen) atoms. The first kappa shape index (κ1) is 23.0. The van der Waals surface area contributed by atoms with Crippen LogP contribution in [0.2, 0.25) is 0 Å². The van der Waals surface area contributed by atoms with E-state index < -0.39 is 12.0 Å². The molecular weight excluding hydrogens is 526 g/mol. The van der Waals surface area contributed by atoms with Gasteiger partial charge in [-0.25, -0.2) is 4.79 Å². The number of nitrogens with one attached hydrogen (secondary N) is 1. The molecule has 3 aromatic carbocycles. The van der Waals surface area contributed by atoms with Crippen LogP contribution in [0.4, 0.5) is 0 Å². The predicted octanol–water partition coefficient (Wildman–Crippen LogP) is 5.30. The number of carbonyl (C=O) groups excluding carboxylic acids is 2. The van der Waals surface area contributed by atoms with Gasteiger partial charge in [-0.05, 0) is 41.5 Å². The number of ether oxygens (including phenoxy) is 2. The normalized spacial score (nSPS) is 11.5. The highest BCUT2D eigenvalue weighted by Gasteiger charge is 2.23. The van der Waals surface area contributed by atoms with Gasteiger partial charge in [0.2, 0.25) is 0 Å². The molecular formula is C24H21Br2NO4. The van der Waals surface area contributed by atoms with Crippen molar-refractivity contribution in [3.63, 3.8) is 0 Å². The molecule has 0 saturated carbocycles. The molecule has 0 aliphatic heterocycles. The van der Waals surface area contributed by atoms with Crippen LogP contribution in [0, 0.1) is 0 Å². The van der Waals surface area contributed by atoms with Gasteiger partial charge in [0.05, 0.1) is 7.11 Å². The lowest BCUT2D eigenvalue weighted by atomic mass is 10.0. The van der Waals surface area contributed by atoms with E-state index in [0.29, 0.717) is 18.6 Å². The van der Waals surface area contributed by atoms with E-state index in [1.165, 1.54) is 7.11 Å². The molecule has 0 fully saturated rings. The number of carbonyl (C=O) groups is 2. The van der Waals surface area contributed by atoms with Crippen molar-refractivity contribution in [1.29, 1.82) is 0 Å². The zero-order chi connectivity index (χ0) is 22.2. The smallest absolute Gasteiger partial charge is 0.328 e. The Balaban J connectivity index is 1.65. The summed E-state index contributed by atoms with van der Waals surface area (Å²) >= 11 is 6.73. The van der Waals surface area contributed by atoms with E-state index in [0.717, 1.165) is 25.8 Å². The standard InChI is InChI=1S/C24H21Br2NO4/c1-30-24(29)22(27-23(28)18-12-19(25)14-20(26)13-18)11-16-7-9-21(10-8-16)31-15-17-5-3-2-4-6-17/h2-10,12-14,22H,11,15H2,1H3,(H,27,28)/t22-/m0/s1. The van der Waals surface area contributed by atoms with E-state index >= 15 is 0 Å². The van der Waals surface area contributed by atoms with Crippen molar-refractivity contribution in [1.82, 2.24) is 5.32 Å². The Hall–Kier alpha value is -2.64. The van der Waals surface area contributed by atoms with Crippen LogP contribution in [0.1, 0.15) is 21.5 Å². The first-order valence-electron chi connectivity index (χ1n) is 9.55. The molecule has 1 N–H and O–H groups in total. The third-order valence-electron chi connectivity index (χ3n) is 4.53. The quantitative estimate of drug-likeness (QED) is 0.389. The monoisotopic (exact) mass is 545 g/mol. The average Bonchev–Trinajstić information content (AvgIpc) is 2.77. The second-order valence-electron chi connectivity index (χ2n) is 6.83. The van der Waals surface area contributed by atoms with Gasteiger partial charge in [0.15, 0.2) is 0 Å². The lowest BCUT2D eigenvalue weighted by molar-refractivity contribution is -0.142. The molecule has 3 aromatic rings. The second-order valence-corrected chi connectivity index (χ2v) is 8.66. The minimum atomic E-state index is -0.814. The van der Waals surface area contributed by atoms with Crippen LogP contribution in [0.3, 0.4) is 0 Å². The molecule has 5 nitrogen and oxygen atoms in total. The van der Waals surface area contributed by atoms with Crippen LogP contribution in [0.5, 0.6) is 5.75 Å². The fourth-order valence-electron chi connectivity index (χ4n) is 2.96. The fraction of sp³-hybridized carbons (Fsp3) is 0.167. The van der Waals surface area contributed by atoms with Gasteiger partial charge >= 0.3 is 5.97 Å². The lowest BCUT2D eigenvalue weighted by Crippen LogP contribution is -2.43. The number of rotatable bonds is 8. The van der Waals surface area contributed by atoms with Crippen LogP contribution in [-0.4, -0.2) is 25.0 Å². The number of hydrogen-bond acceptors (Lipinski definition) is 4. The zero-order valence-corrected chi connectivity index (χ0v) is 20.0. The molecule has 0 heterocycles. The van der Waals surface area contributed by atoms with Crippen LogP contribution in [0.15, 0.2) is 81.7 Å². The highest BCUT2D eigenvalue weighted by Crippen LogP contribution is 2.20. The van der Waals surface area contributed by atoms with Gasteiger partial charge < -0.3 is 14.8 Å². The first-order chi connectivity index (χ1) is 14.9. The van der Waals surface area contributed by atoms with Crippen molar-refractivity contribution in [2.24, 2.45) is 0 Å². The van der Waals surface area contributed by atoms with Gasteiger partial charge in [-0.15, -0.1) is 0 Å². The summed E-state index contributed by atoms with van der Waals surface area (Å²) in [6.45, 7) is 0.475. The van der Waals surface area contributed by atoms with Crippen molar-refractivity contribution in [3.05, 3.63) is 98.4 Å². The van der Waals surface area contributed by atoms with Gasteiger partial charge in [0, 0.05) is 20.9 Å². The van der Waals surface area contributed by atoms with Gasteiger partial charge in [-0.1, -0.05) is 74.3 Å². The van der Waals surface area contributed by atoms with E-state index in [9.17, 15) is 9.59 Å². The molecule has 0 saturated heterocycles. The molecule has 0 aromatic heterocycles. The molecule has 0 spiro atoms. The first-order valence-corrected chi connectivity index (χ1v) is 11.1. The fourth-order valence-corrected chi connectivity index (χ4v) is 4.25. The van der Waals surface area contributed by atoms with Gasteiger partial charge in [-0.2, -0.15) is 0 Å². The van der Waals surface area contributed by atoms with Crippen molar-refractivity contribution in [2.75, 3.05) is 7.11 Å². The van der Waals surface area contributed by atoms with Gasteiger partial charge in [0.25, 0.3) is 5.91 Å². The summed E-state index contributed by atoms with van der Waals surface area (Å²) in [5.74, 6) is -0.141. The Morgan fingerprint density at radius 2 is 1.55 bits per heavy atom. The number of benzene rings is 3. The molecule has 160 valence electrons. The summed E-state index contributed by atoms with van der Waals surface area (Å²) in [5, 5.41) is 2.76. The molecule has 1 atom stereocenters. The zero-order valence-electron chi connectivity index (χ0n) is 16.8. The molecule has 0 aliphatic rings. The summed E-state index contributed by atoms with van der Waals surface area (Å²) < 4.78 is 12.2. The number of halogens is 2. The maximum absolute atomic E-state index is 12.7. The highest BCUT2D eigenvalue weighted by atomic mass is 79.9. The Kier molecular flexibility index (Phi) is 8.26. The summed E-state index contributed by atoms with van der Waals surface area (Å²) in [6, 6.07) is 21.7. The molecule has 0 aliphatic carbocycles. The van der Waals surface area contributed by atoms with E-state index in [1.54, 1.807) is 12.1 Å². The molecule has 1 amide bonds. The number of hydrogen-bond donors (Lipinski definition) is 1. The summed E-state index contributed by atoms with van der Waals surface area (Å²) in [4.78, 5) is 24.9. The van der Waals surface area contributed by atoms with E-state index in [2.05, 4.69) is 37.2 Å². The number of amides is 1. The van der Waals surface area contributed by atoms with Crippen molar-refractivity contribution in [3.8, 4) is 5.75 Å². The van der Waals surface area contributed by atoms with E-state index in [-0.39, 0.29) is 5.91 Å². The Morgan fingerprint density at radius 1 is 0.903 bits per heavy atom. The Morgan fingerprint density at radius 3 is 2.16 bits per heavy atom. The molecule has 3 rings (SSSR count). The minimum Gasteiger partial charge on any atom is -0.489 e. The van der Waals surface area contributed by atoms with Crippen LogP contribution in [-0.2, 0) is 22.6 Å². The van der Waals surface area contributed by atoms with Crippen molar-refractivity contribution < 1.29 is 19.1 Å². The SMILES string of the molecule is COC(=O)[C@H](Cc1ccc(OCc2ccccc2)cc1)NC(=O)c1cc(Br)cc(Br)c1. The topological polar surface area (TPSA) is 64.6 Å².